The normalized spacial score (nSPS) is 16.2. The second kappa shape index (κ2) is 8.04. The third-order valence-corrected chi connectivity index (χ3v) is 5.40. The Labute approximate surface area is 159 Å². The summed E-state index contributed by atoms with van der Waals surface area (Å²) in [4.78, 5) is 2.52. The SMILES string of the molecule is CCn1cc(CN2CCC(c3nnc(Cn4cccn4)n3CC)CC2)cn1. The molecule has 1 fully saturated rings. The van der Waals surface area contributed by atoms with Gasteiger partial charge in [-0.15, -0.1) is 10.2 Å². The fourth-order valence-corrected chi connectivity index (χ4v) is 3.92. The van der Waals surface area contributed by atoms with Crippen molar-refractivity contribution in [1.29, 1.82) is 0 Å². The molecule has 0 N–H and O–H groups in total. The predicted molar refractivity (Wildman–Crippen MR) is 102 cm³/mol. The minimum atomic E-state index is 0.485. The molecule has 3 aromatic rings. The molecule has 0 unspecified atom stereocenters. The van der Waals surface area contributed by atoms with Crippen LogP contribution in [0.25, 0.3) is 0 Å². The molecule has 8 nitrogen and oxygen atoms in total. The number of nitrogens with zero attached hydrogens (tertiary/aromatic N) is 8. The number of hydrogen-bond donors (Lipinski definition) is 0. The topological polar surface area (TPSA) is 69.6 Å². The Morgan fingerprint density at radius 2 is 1.85 bits per heavy atom. The molecule has 4 heterocycles. The van der Waals surface area contributed by atoms with Crippen LogP contribution < -0.4 is 0 Å². The third kappa shape index (κ3) is 3.95. The van der Waals surface area contributed by atoms with Gasteiger partial charge >= 0.3 is 0 Å². The maximum absolute atomic E-state index is 4.55. The van der Waals surface area contributed by atoms with Gasteiger partial charge in [-0.05, 0) is 45.8 Å². The highest BCUT2D eigenvalue weighted by molar-refractivity contribution is 5.07. The molecular weight excluding hydrogens is 340 g/mol. The smallest absolute Gasteiger partial charge is 0.154 e. The molecule has 0 saturated carbocycles. The number of aryl methyl sites for hydroxylation is 1. The van der Waals surface area contributed by atoms with E-state index in [0.29, 0.717) is 12.5 Å². The number of piperidine rings is 1. The van der Waals surface area contributed by atoms with Crippen LogP contribution in [0.5, 0.6) is 0 Å². The first-order valence-electron chi connectivity index (χ1n) is 9.90. The Balaban J connectivity index is 1.38. The van der Waals surface area contributed by atoms with E-state index in [2.05, 4.69) is 49.9 Å². The van der Waals surface area contributed by atoms with E-state index in [1.54, 1.807) is 6.20 Å². The molecule has 1 aliphatic heterocycles. The molecule has 0 aliphatic carbocycles. The first kappa shape index (κ1) is 17.9. The van der Waals surface area contributed by atoms with Crippen molar-refractivity contribution in [3.05, 3.63) is 48.1 Å². The Bertz CT molecular complexity index is 839. The quantitative estimate of drug-likeness (QED) is 0.639. The molecule has 27 heavy (non-hydrogen) atoms. The van der Waals surface area contributed by atoms with E-state index in [1.807, 2.05) is 27.8 Å². The largest absolute Gasteiger partial charge is 0.313 e. The molecule has 8 heteroatoms. The second-order valence-electron chi connectivity index (χ2n) is 7.18. The van der Waals surface area contributed by atoms with Gasteiger partial charge in [0.1, 0.15) is 12.4 Å². The maximum atomic E-state index is 4.55. The summed E-state index contributed by atoms with van der Waals surface area (Å²) in [5, 5.41) is 17.7. The minimum Gasteiger partial charge on any atom is -0.313 e. The van der Waals surface area contributed by atoms with Gasteiger partial charge < -0.3 is 4.57 Å². The van der Waals surface area contributed by atoms with Gasteiger partial charge in [-0.1, -0.05) is 0 Å². The minimum absolute atomic E-state index is 0.485. The van der Waals surface area contributed by atoms with Crippen molar-refractivity contribution in [2.75, 3.05) is 13.1 Å². The van der Waals surface area contributed by atoms with Gasteiger partial charge in [-0.2, -0.15) is 10.2 Å². The molecule has 0 amide bonds. The highest BCUT2D eigenvalue weighted by Gasteiger charge is 2.26. The Morgan fingerprint density at radius 3 is 2.52 bits per heavy atom. The van der Waals surface area contributed by atoms with E-state index in [4.69, 9.17) is 0 Å². The highest BCUT2D eigenvalue weighted by Crippen LogP contribution is 2.28. The molecular formula is C19H28N8. The summed E-state index contributed by atoms with van der Waals surface area (Å²) in [6.07, 6.45) is 10.2. The number of likely N-dealkylation sites (tertiary alicyclic amines) is 1. The van der Waals surface area contributed by atoms with Gasteiger partial charge in [0, 0.05) is 49.7 Å². The van der Waals surface area contributed by atoms with Crippen LogP contribution in [0, 0.1) is 0 Å². The molecule has 4 rings (SSSR count). The number of hydrogen-bond acceptors (Lipinski definition) is 5. The molecule has 0 bridgehead atoms. The Kier molecular flexibility index (Phi) is 5.33. The summed E-state index contributed by atoms with van der Waals surface area (Å²) in [7, 11) is 0. The van der Waals surface area contributed by atoms with Gasteiger partial charge in [-0.3, -0.25) is 14.3 Å². The first-order valence-corrected chi connectivity index (χ1v) is 9.90. The van der Waals surface area contributed by atoms with Crippen molar-refractivity contribution >= 4 is 0 Å². The van der Waals surface area contributed by atoms with Crippen molar-refractivity contribution in [2.45, 2.75) is 58.8 Å². The fraction of sp³-hybridized carbons (Fsp3) is 0.579. The Morgan fingerprint density at radius 1 is 1.00 bits per heavy atom. The average Bonchev–Trinajstić information content (AvgIpc) is 3.44. The molecule has 0 aromatic carbocycles. The van der Waals surface area contributed by atoms with Gasteiger partial charge in [0.05, 0.1) is 6.20 Å². The standard InChI is InChI=1S/C19H28N8/c1-3-25-14-16(12-21-25)13-24-10-6-17(7-11-24)19-23-22-18(27(19)4-2)15-26-9-5-8-20-26/h5,8-9,12,14,17H,3-4,6-7,10-11,13,15H2,1-2H3. The van der Waals surface area contributed by atoms with Crippen LogP contribution in [-0.4, -0.2) is 52.3 Å². The van der Waals surface area contributed by atoms with Gasteiger partial charge in [-0.25, -0.2) is 0 Å². The Hall–Kier alpha value is -2.48. The average molecular weight is 368 g/mol. The lowest BCUT2D eigenvalue weighted by atomic mass is 9.95. The summed E-state index contributed by atoms with van der Waals surface area (Å²) >= 11 is 0. The van der Waals surface area contributed by atoms with Crippen LogP contribution in [0.3, 0.4) is 0 Å². The first-order chi connectivity index (χ1) is 13.3. The van der Waals surface area contributed by atoms with Gasteiger partial charge in [0.2, 0.25) is 0 Å². The van der Waals surface area contributed by atoms with E-state index in [0.717, 1.165) is 57.2 Å². The van der Waals surface area contributed by atoms with Crippen molar-refractivity contribution in [1.82, 2.24) is 39.2 Å². The van der Waals surface area contributed by atoms with Crippen LogP contribution in [0.15, 0.2) is 30.9 Å². The van der Waals surface area contributed by atoms with Crippen molar-refractivity contribution in [2.24, 2.45) is 0 Å². The van der Waals surface area contributed by atoms with E-state index in [-0.39, 0.29) is 0 Å². The predicted octanol–water partition coefficient (Wildman–Crippen LogP) is 2.14. The summed E-state index contributed by atoms with van der Waals surface area (Å²) in [6.45, 7) is 9.95. The fourth-order valence-electron chi connectivity index (χ4n) is 3.92. The second-order valence-corrected chi connectivity index (χ2v) is 7.18. The van der Waals surface area contributed by atoms with E-state index in [1.165, 1.54) is 5.56 Å². The molecule has 3 aromatic heterocycles. The zero-order valence-electron chi connectivity index (χ0n) is 16.2. The number of rotatable bonds is 7. The van der Waals surface area contributed by atoms with Gasteiger partial charge in [0.25, 0.3) is 0 Å². The molecule has 0 atom stereocenters. The zero-order valence-corrected chi connectivity index (χ0v) is 16.2. The highest BCUT2D eigenvalue weighted by atomic mass is 15.3. The van der Waals surface area contributed by atoms with Crippen molar-refractivity contribution < 1.29 is 0 Å². The summed E-state index contributed by atoms with van der Waals surface area (Å²) < 4.78 is 6.17. The molecule has 144 valence electrons. The number of aromatic nitrogens is 7. The lowest BCUT2D eigenvalue weighted by Crippen LogP contribution is -2.33. The van der Waals surface area contributed by atoms with Crippen LogP contribution in [-0.2, 0) is 26.2 Å². The maximum Gasteiger partial charge on any atom is 0.154 e. The summed E-state index contributed by atoms with van der Waals surface area (Å²) in [6, 6.07) is 1.94. The summed E-state index contributed by atoms with van der Waals surface area (Å²) in [5.74, 6) is 2.61. The van der Waals surface area contributed by atoms with Crippen LogP contribution in [0.2, 0.25) is 0 Å². The lowest BCUT2D eigenvalue weighted by Gasteiger charge is -2.31. The molecule has 0 spiro atoms. The third-order valence-electron chi connectivity index (χ3n) is 5.40. The van der Waals surface area contributed by atoms with Crippen molar-refractivity contribution in [3.63, 3.8) is 0 Å². The van der Waals surface area contributed by atoms with E-state index >= 15 is 0 Å². The molecule has 1 saturated heterocycles. The van der Waals surface area contributed by atoms with E-state index < -0.39 is 0 Å². The molecule has 0 radical (unpaired) electrons. The van der Waals surface area contributed by atoms with Crippen LogP contribution in [0.1, 0.15) is 49.8 Å². The van der Waals surface area contributed by atoms with Crippen LogP contribution in [0.4, 0.5) is 0 Å². The molecule has 1 aliphatic rings. The van der Waals surface area contributed by atoms with Gasteiger partial charge in [0.15, 0.2) is 5.82 Å². The van der Waals surface area contributed by atoms with Crippen LogP contribution >= 0.6 is 0 Å². The summed E-state index contributed by atoms with van der Waals surface area (Å²) in [5.41, 5.74) is 1.30. The van der Waals surface area contributed by atoms with Crippen molar-refractivity contribution in [3.8, 4) is 0 Å². The van der Waals surface area contributed by atoms with E-state index in [9.17, 15) is 0 Å². The lowest BCUT2D eigenvalue weighted by molar-refractivity contribution is 0.200. The zero-order chi connectivity index (χ0) is 18.6. The monoisotopic (exact) mass is 368 g/mol.